The van der Waals surface area contributed by atoms with E-state index in [4.69, 9.17) is 10.4 Å². The molecular weight excluding hydrogens is 259 g/mol. The van der Waals surface area contributed by atoms with Gasteiger partial charge >= 0.3 is 5.97 Å². The lowest BCUT2D eigenvalue weighted by atomic mass is 10.1. The Morgan fingerprint density at radius 1 is 1.45 bits per heavy atom. The molecule has 1 saturated carbocycles. The zero-order valence-electron chi connectivity index (χ0n) is 11.2. The first-order chi connectivity index (χ1) is 9.60. The minimum absolute atomic E-state index is 0.0487. The van der Waals surface area contributed by atoms with E-state index in [1.165, 1.54) is 12.1 Å². The SMILES string of the molecule is N#Cc1cc(F)ccc1CN(CC(=O)O)C1CCCC1. The molecule has 106 valence electrons. The fraction of sp³-hybridized carbons (Fsp3) is 0.467. The zero-order valence-corrected chi connectivity index (χ0v) is 11.2. The number of halogens is 1. The number of rotatable bonds is 5. The Morgan fingerprint density at radius 2 is 2.15 bits per heavy atom. The van der Waals surface area contributed by atoms with Crippen molar-refractivity contribution in [2.45, 2.75) is 38.3 Å². The Morgan fingerprint density at radius 3 is 2.75 bits per heavy atom. The average molecular weight is 276 g/mol. The second-order valence-corrected chi connectivity index (χ2v) is 5.15. The van der Waals surface area contributed by atoms with Crippen LogP contribution in [0.3, 0.4) is 0 Å². The summed E-state index contributed by atoms with van der Waals surface area (Å²) in [4.78, 5) is 12.9. The van der Waals surface area contributed by atoms with Gasteiger partial charge in [0.05, 0.1) is 18.2 Å². The van der Waals surface area contributed by atoms with Crippen LogP contribution < -0.4 is 0 Å². The molecule has 0 bridgehead atoms. The minimum atomic E-state index is -0.877. The predicted octanol–water partition coefficient (Wildman–Crippen LogP) is 2.53. The van der Waals surface area contributed by atoms with Crippen molar-refractivity contribution in [1.29, 1.82) is 5.26 Å². The van der Waals surface area contributed by atoms with Gasteiger partial charge in [-0.3, -0.25) is 9.69 Å². The van der Waals surface area contributed by atoms with Gasteiger partial charge in [0, 0.05) is 12.6 Å². The number of carboxylic acid groups (broad SMARTS) is 1. The summed E-state index contributed by atoms with van der Waals surface area (Å²) in [7, 11) is 0. The molecule has 1 N–H and O–H groups in total. The Balaban J connectivity index is 2.18. The lowest BCUT2D eigenvalue weighted by Gasteiger charge is -2.27. The van der Waals surface area contributed by atoms with E-state index in [2.05, 4.69) is 0 Å². The third-order valence-corrected chi connectivity index (χ3v) is 3.75. The van der Waals surface area contributed by atoms with Gasteiger partial charge in [0.15, 0.2) is 0 Å². The smallest absolute Gasteiger partial charge is 0.317 e. The van der Waals surface area contributed by atoms with Crippen LogP contribution in [0.25, 0.3) is 0 Å². The number of hydrogen-bond donors (Lipinski definition) is 1. The molecule has 4 nitrogen and oxygen atoms in total. The molecule has 1 aromatic carbocycles. The molecule has 1 aromatic rings. The van der Waals surface area contributed by atoms with Crippen LogP contribution in [-0.2, 0) is 11.3 Å². The molecule has 0 unspecified atom stereocenters. The van der Waals surface area contributed by atoms with Gasteiger partial charge in [-0.15, -0.1) is 0 Å². The quantitative estimate of drug-likeness (QED) is 0.897. The van der Waals surface area contributed by atoms with Crippen LogP contribution in [0, 0.1) is 17.1 Å². The predicted molar refractivity (Wildman–Crippen MR) is 71.4 cm³/mol. The monoisotopic (exact) mass is 276 g/mol. The summed E-state index contributed by atoms with van der Waals surface area (Å²) in [6.07, 6.45) is 4.18. The van der Waals surface area contributed by atoms with Crippen LogP contribution in [0.4, 0.5) is 4.39 Å². The molecule has 5 heteroatoms. The molecule has 0 radical (unpaired) electrons. The Hall–Kier alpha value is -1.93. The van der Waals surface area contributed by atoms with E-state index < -0.39 is 11.8 Å². The number of nitrogens with zero attached hydrogens (tertiary/aromatic N) is 2. The number of benzene rings is 1. The summed E-state index contributed by atoms with van der Waals surface area (Å²) in [6, 6.07) is 6.28. The van der Waals surface area contributed by atoms with Gasteiger partial charge in [-0.25, -0.2) is 4.39 Å². The standard InChI is InChI=1S/C15H17FN2O2/c16-13-6-5-11(12(7-13)8-17)9-18(10-15(19)20)14-3-1-2-4-14/h5-7,14H,1-4,9-10H2,(H,19,20). The highest BCUT2D eigenvalue weighted by molar-refractivity contribution is 5.69. The van der Waals surface area contributed by atoms with E-state index in [1.807, 2.05) is 11.0 Å². The minimum Gasteiger partial charge on any atom is -0.480 e. The van der Waals surface area contributed by atoms with E-state index in [0.29, 0.717) is 12.1 Å². The second kappa shape index (κ2) is 6.49. The van der Waals surface area contributed by atoms with Gasteiger partial charge in [-0.05, 0) is 30.5 Å². The van der Waals surface area contributed by atoms with Gasteiger partial charge in [-0.2, -0.15) is 5.26 Å². The van der Waals surface area contributed by atoms with Crippen LogP contribution in [0.2, 0.25) is 0 Å². The first-order valence-corrected chi connectivity index (χ1v) is 6.74. The molecule has 20 heavy (non-hydrogen) atoms. The Labute approximate surface area is 117 Å². The van der Waals surface area contributed by atoms with Crippen molar-refractivity contribution in [2.24, 2.45) is 0 Å². The highest BCUT2D eigenvalue weighted by atomic mass is 19.1. The van der Waals surface area contributed by atoms with Crippen molar-refractivity contribution in [1.82, 2.24) is 4.90 Å². The summed E-state index contributed by atoms with van der Waals surface area (Å²) < 4.78 is 13.1. The van der Waals surface area contributed by atoms with Crippen LogP contribution in [0.15, 0.2) is 18.2 Å². The van der Waals surface area contributed by atoms with Gasteiger partial charge in [0.25, 0.3) is 0 Å². The maximum Gasteiger partial charge on any atom is 0.317 e. The maximum atomic E-state index is 13.1. The number of nitriles is 1. The summed E-state index contributed by atoms with van der Waals surface area (Å²) in [5, 5.41) is 18.1. The first kappa shape index (κ1) is 14.5. The largest absolute Gasteiger partial charge is 0.480 e. The molecule has 0 saturated heterocycles. The fourth-order valence-electron chi connectivity index (χ4n) is 2.77. The molecular formula is C15H17FN2O2. The van der Waals surface area contributed by atoms with Crippen molar-refractivity contribution < 1.29 is 14.3 Å². The Bertz CT molecular complexity index is 533. The molecule has 0 aromatic heterocycles. The lowest BCUT2D eigenvalue weighted by Crippen LogP contribution is -2.37. The highest BCUT2D eigenvalue weighted by Crippen LogP contribution is 2.25. The third kappa shape index (κ3) is 3.55. The third-order valence-electron chi connectivity index (χ3n) is 3.75. The average Bonchev–Trinajstić information content (AvgIpc) is 2.93. The molecule has 0 amide bonds. The van der Waals surface area contributed by atoms with Gasteiger partial charge < -0.3 is 5.11 Å². The van der Waals surface area contributed by atoms with E-state index in [-0.39, 0.29) is 18.2 Å². The number of hydrogen-bond acceptors (Lipinski definition) is 3. The van der Waals surface area contributed by atoms with E-state index in [1.54, 1.807) is 6.07 Å². The van der Waals surface area contributed by atoms with E-state index in [0.717, 1.165) is 25.7 Å². The van der Waals surface area contributed by atoms with Crippen molar-refractivity contribution in [2.75, 3.05) is 6.54 Å². The topological polar surface area (TPSA) is 64.3 Å². The summed E-state index contributed by atoms with van der Waals surface area (Å²) in [5.41, 5.74) is 0.959. The second-order valence-electron chi connectivity index (χ2n) is 5.15. The molecule has 0 aliphatic heterocycles. The molecule has 0 atom stereocenters. The summed E-state index contributed by atoms with van der Waals surface area (Å²) in [6.45, 7) is 0.326. The Kier molecular flexibility index (Phi) is 4.70. The molecule has 1 aliphatic rings. The van der Waals surface area contributed by atoms with Crippen molar-refractivity contribution in [3.8, 4) is 6.07 Å². The van der Waals surface area contributed by atoms with Crippen LogP contribution in [0.5, 0.6) is 0 Å². The zero-order chi connectivity index (χ0) is 14.5. The summed E-state index contributed by atoms with van der Waals surface area (Å²) in [5.74, 6) is -1.33. The van der Waals surface area contributed by atoms with Crippen LogP contribution >= 0.6 is 0 Å². The van der Waals surface area contributed by atoms with Crippen LogP contribution in [-0.4, -0.2) is 28.6 Å². The maximum absolute atomic E-state index is 13.1. The van der Waals surface area contributed by atoms with Crippen molar-refractivity contribution >= 4 is 5.97 Å². The molecule has 1 aliphatic carbocycles. The highest BCUT2D eigenvalue weighted by Gasteiger charge is 2.25. The van der Waals surface area contributed by atoms with Crippen molar-refractivity contribution in [3.63, 3.8) is 0 Å². The molecule has 0 spiro atoms. The van der Waals surface area contributed by atoms with Crippen molar-refractivity contribution in [3.05, 3.63) is 35.1 Å². The fourth-order valence-corrected chi connectivity index (χ4v) is 2.77. The van der Waals surface area contributed by atoms with Crippen LogP contribution in [0.1, 0.15) is 36.8 Å². The van der Waals surface area contributed by atoms with Gasteiger partial charge in [0.2, 0.25) is 0 Å². The lowest BCUT2D eigenvalue weighted by molar-refractivity contribution is -0.139. The molecule has 0 heterocycles. The van der Waals surface area contributed by atoms with Gasteiger partial charge in [-0.1, -0.05) is 18.9 Å². The van der Waals surface area contributed by atoms with Gasteiger partial charge in [0.1, 0.15) is 5.82 Å². The number of carbonyl (C=O) groups is 1. The number of carboxylic acids is 1. The van der Waals surface area contributed by atoms with E-state index >= 15 is 0 Å². The molecule has 1 fully saturated rings. The first-order valence-electron chi connectivity index (χ1n) is 6.74. The number of aliphatic carboxylic acids is 1. The molecule has 2 rings (SSSR count). The summed E-state index contributed by atoms with van der Waals surface area (Å²) >= 11 is 0. The normalized spacial score (nSPS) is 15.4. The van der Waals surface area contributed by atoms with E-state index in [9.17, 15) is 9.18 Å².